The molecule has 0 spiro atoms. The van der Waals surface area contributed by atoms with E-state index in [1.807, 2.05) is 19.1 Å². The highest BCUT2D eigenvalue weighted by atomic mass is 16.5. The lowest BCUT2D eigenvalue weighted by Crippen LogP contribution is -2.46. The molecule has 1 aliphatic rings. The summed E-state index contributed by atoms with van der Waals surface area (Å²) in [5.74, 6) is 0. The summed E-state index contributed by atoms with van der Waals surface area (Å²) in [5.41, 5.74) is 2.23. The normalized spacial score (nSPS) is 23.5. The number of nitrogens with zero attached hydrogens (tertiary/aromatic N) is 1. The average Bonchev–Trinajstić information content (AvgIpc) is 2.47. The molecule has 1 heterocycles. The van der Waals surface area contributed by atoms with E-state index in [9.17, 15) is 5.11 Å². The van der Waals surface area contributed by atoms with Crippen LogP contribution in [0.15, 0.2) is 24.3 Å². The molecule has 20 heavy (non-hydrogen) atoms. The minimum absolute atomic E-state index is 0.126. The Morgan fingerprint density at radius 1 is 1.35 bits per heavy atom. The number of hydrogen-bond donors (Lipinski definition) is 1. The van der Waals surface area contributed by atoms with Crippen LogP contribution < -0.4 is 0 Å². The highest BCUT2D eigenvalue weighted by Gasteiger charge is 2.28. The van der Waals surface area contributed by atoms with Gasteiger partial charge < -0.3 is 9.84 Å². The zero-order valence-electron chi connectivity index (χ0n) is 12.9. The summed E-state index contributed by atoms with van der Waals surface area (Å²) in [7, 11) is 0. The van der Waals surface area contributed by atoms with Gasteiger partial charge >= 0.3 is 0 Å². The van der Waals surface area contributed by atoms with Crippen LogP contribution in [0.4, 0.5) is 0 Å². The molecule has 112 valence electrons. The fourth-order valence-corrected chi connectivity index (χ4v) is 2.95. The SMILES string of the molecule is CCOC1CCCN(C(C)C(O)c2ccc(C)cc2)C1. The van der Waals surface area contributed by atoms with Crippen molar-refractivity contribution in [3.8, 4) is 0 Å². The first-order valence-corrected chi connectivity index (χ1v) is 7.72. The quantitative estimate of drug-likeness (QED) is 0.898. The van der Waals surface area contributed by atoms with Gasteiger partial charge in [0, 0.05) is 19.2 Å². The van der Waals surface area contributed by atoms with Gasteiger partial charge in [-0.1, -0.05) is 29.8 Å². The molecule has 3 atom stereocenters. The molecular formula is C17H27NO2. The summed E-state index contributed by atoms with van der Waals surface area (Å²) in [6.07, 6.45) is 2.17. The molecule has 1 saturated heterocycles. The van der Waals surface area contributed by atoms with Crippen LogP contribution in [0, 0.1) is 6.92 Å². The van der Waals surface area contributed by atoms with Crippen LogP contribution in [0.1, 0.15) is 43.9 Å². The highest BCUT2D eigenvalue weighted by Crippen LogP contribution is 2.24. The van der Waals surface area contributed by atoms with Gasteiger partial charge in [-0.25, -0.2) is 0 Å². The van der Waals surface area contributed by atoms with E-state index < -0.39 is 6.10 Å². The Kier molecular flexibility index (Phi) is 5.58. The summed E-state index contributed by atoms with van der Waals surface area (Å²) in [4.78, 5) is 2.36. The fraction of sp³-hybridized carbons (Fsp3) is 0.647. The van der Waals surface area contributed by atoms with Gasteiger partial charge in [-0.3, -0.25) is 4.90 Å². The highest BCUT2D eigenvalue weighted by molar-refractivity contribution is 5.24. The first-order valence-electron chi connectivity index (χ1n) is 7.72. The molecule has 1 aromatic carbocycles. The van der Waals surface area contributed by atoms with Crippen molar-refractivity contribution >= 4 is 0 Å². The van der Waals surface area contributed by atoms with Crippen molar-refractivity contribution in [3.05, 3.63) is 35.4 Å². The first kappa shape index (κ1) is 15.5. The van der Waals surface area contributed by atoms with Crippen molar-refractivity contribution in [2.24, 2.45) is 0 Å². The van der Waals surface area contributed by atoms with Crippen LogP contribution in [0.25, 0.3) is 0 Å². The third kappa shape index (κ3) is 3.81. The predicted octanol–water partition coefficient (Wildman–Crippen LogP) is 2.92. The number of aliphatic hydroxyl groups excluding tert-OH is 1. The van der Waals surface area contributed by atoms with E-state index in [2.05, 4.69) is 30.9 Å². The Morgan fingerprint density at radius 3 is 2.70 bits per heavy atom. The number of aryl methyl sites for hydroxylation is 1. The number of likely N-dealkylation sites (tertiary alicyclic amines) is 1. The Morgan fingerprint density at radius 2 is 2.05 bits per heavy atom. The summed E-state index contributed by atoms with van der Waals surface area (Å²) < 4.78 is 5.74. The van der Waals surface area contributed by atoms with Crippen LogP contribution in [-0.2, 0) is 4.74 Å². The van der Waals surface area contributed by atoms with Gasteiger partial charge in [0.25, 0.3) is 0 Å². The Balaban J connectivity index is 1.98. The number of aliphatic hydroxyl groups is 1. The van der Waals surface area contributed by atoms with E-state index in [1.54, 1.807) is 0 Å². The van der Waals surface area contributed by atoms with E-state index in [4.69, 9.17) is 4.74 Å². The number of rotatable bonds is 5. The van der Waals surface area contributed by atoms with Crippen LogP contribution in [0.5, 0.6) is 0 Å². The van der Waals surface area contributed by atoms with Crippen LogP contribution in [0.3, 0.4) is 0 Å². The molecule has 3 heteroatoms. The molecule has 0 saturated carbocycles. The van der Waals surface area contributed by atoms with Crippen LogP contribution >= 0.6 is 0 Å². The zero-order chi connectivity index (χ0) is 14.5. The van der Waals surface area contributed by atoms with Crippen LogP contribution in [-0.4, -0.2) is 41.8 Å². The molecule has 0 amide bonds. The lowest BCUT2D eigenvalue weighted by atomic mass is 9.98. The van der Waals surface area contributed by atoms with Gasteiger partial charge in [0.2, 0.25) is 0 Å². The standard InChI is InChI=1S/C17H27NO2/c1-4-20-16-6-5-11-18(12-16)14(3)17(19)15-9-7-13(2)8-10-15/h7-10,14,16-17,19H,4-6,11-12H2,1-3H3. The molecular weight excluding hydrogens is 250 g/mol. The third-order valence-electron chi connectivity index (χ3n) is 4.26. The van der Waals surface area contributed by atoms with Crippen molar-refractivity contribution in [2.45, 2.75) is 51.9 Å². The van der Waals surface area contributed by atoms with Gasteiger partial charge in [-0.2, -0.15) is 0 Å². The molecule has 0 aromatic heterocycles. The summed E-state index contributed by atoms with van der Waals surface area (Å²) in [6, 6.07) is 8.30. The number of piperidine rings is 1. The van der Waals surface area contributed by atoms with Gasteiger partial charge in [-0.05, 0) is 45.7 Å². The van der Waals surface area contributed by atoms with Gasteiger partial charge in [-0.15, -0.1) is 0 Å². The van der Waals surface area contributed by atoms with E-state index in [1.165, 1.54) is 5.56 Å². The van der Waals surface area contributed by atoms with Gasteiger partial charge in [0.05, 0.1) is 12.2 Å². The van der Waals surface area contributed by atoms with Crippen molar-refractivity contribution in [3.63, 3.8) is 0 Å². The summed E-state index contributed by atoms with van der Waals surface area (Å²) in [5, 5.41) is 10.6. The number of benzene rings is 1. The maximum absolute atomic E-state index is 10.6. The zero-order valence-corrected chi connectivity index (χ0v) is 12.9. The molecule has 1 fully saturated rings. The average molecular weight is 277 g/mol. The Bertz CT molecular complexity index is 402. The summed E-state index contributed by atoms with van der Waals surface area (Å²) in [6.45, 7) is 8.97. The van der Waals surface area contributed by atoms with Crippen molar-refractivity contribution in [2.75, 3.05) is 19.7 Å². The maximum Gasteiger partial charge on any atom is 0.0942 e. The number of ether oxygens (including phenoxy) is 1. The summed E-state index contributed by atoms with van der Waals surface area (Å²) >= 11 is 0. The fourth-order valence-electron chi connectivity index (χ4n) is 2.95. The molecule has 1 aliphatic heterocycles. The molecule has 0 radical (unpaired) electrons. The maximum atomic E-state index is 10.6. The lowest BCUT2D eigenvalue weighted by Gasteiger charge is -2.38. The predicted molar refractivity (Wildman–Crippen MR) is 81.8 cm³/mol. The van der Waals surface area contributed by atoms with E-state index in [-0.39, 0.29) is 6.04 Å². The topological polar surface area (TPSA) is 32.7 Å². The van der Waals surface area contributed by atoms with Gasteiger partial charge in [0.15, 0.2) is 0 Å². The van der Waals surface area contributed by atoms with Crippen molar-refractivity contribution in [1.82, 2.24) is 4.90 Å². The smallest absolute Gasteiger partial charge is 0.0942 e. The number of hydrogen-bond acceptors (Lipinski definition) is 3. The second kappa shape index (κ2) is 7.21. The minimum atomic E-state index is -0.434. The monoisotopic (exact) mass is 277 g/mol. The Hall–Kier alpha value is -0.900. The Labute approximate surface area is 122 Å². The second-order valence-corrected chi connectivity index (χ2v) is 5.81. The lowest BCUT2D eigenvalue weighted by molar-refractivity contribution is -0.0288. The molecule has 3 nitrogen and oxygen atoms in total. The van der Waals surface area contributed by atoms with Crippen molar-refractivity contribution < 1.29 is 9.84 Å². The van der Waals surface area contributed by atoms with E-state index in [0.717, 1.165) is 38.1 Å². The minimum Gasteiger partial charge on any atom is -0.387 e. The molecule has 1 N–H and O–H groups in total. The second-order valence-electron chi connectivity index (χ2n) is 5.81. The molecule has 0 aliphatic carbocycles. The van der Waals surface area contributed by atoms with Gasteiger partial charge in [0.1, 0.15) is 0 Å². The molecule has 2 rings (SSSR count). The molecule has 3 unspecified atom stereocenters. The van der Waals surface area contributed by atoms with Crippen LogP contribution in [0.2, 0.25) is 0 Å². The first-order chi connectivity index (χ1) is 9.61. The van der Waals surface area contributed by atoms with E-state index >= 15 is 0 Å². The largest absolute Gasteiger partial charge is 0.387 e. The molecule has 1 aromatic rings. The van der Waals surface area contributed by atoms with E-state index in [0.29, 0.717) is 6.10 Å². The molecule has 0 bridgehead atoms. The third-order valence-corrected chi connectivity index (χ3v) is 4.26. The van der Waals surface area contributed by atoms with Crippen molar-refractivity contribution in [1.29, 1.82) is 0 Å².